The van der Waals surface area contributed by atoms with E-state index in [1.54, 1.807) is 0 Å². The van der Waals surface area contributed by atoms with E-state index >= 15 is 0 Å². The number of hydrogen-bond acceptors (Lipinski definition) is 5. The van der Waals surface area contributed by atoms with Gasteiger partial charge in [0, 0.05) is 32.0 Å². The quantitative estimate of drug-likeness (QED) is 0.851. The zero-order valence-corrected chi connectivity index (χ0v) is 13.5. The summed E-state index contributed by atoms with van der Waals surface area (Å²) < 4.78 is 7.69. The standard InChI is InChI=1S/C16H24N4O3/c1-19-15-12(9-23-8-10-2-3-10)6-20(7-14(15)17-18-19)16(22)11-4-13(21)5-11/h10-13,21H,2-9H2,1H3. The lowest BCUT2D eigenvalue weighted by Gasteiger charge is -2.38. The summed E-state index contributed by atoms with van der Waals surface area (Å²) in [5.41, 5.74) is 1.98. The average Bonchev–Trinajstić information content (AvgIpc) is 3.25. The summed E-state index contributed by atoms with van der Waals surface area (Å²) in [6.45, 7) is 2.61. The molecule has 1 aromatic heterocycles. The Labute approximate surface area is 135 Å². The van der Waals surface area contributed by atoms with Crippen LogP contribution in [0, 0.1) is 11.8 Å². The Hall–Kier alpha value is -1.47. The first-order chi connectivity index (χ1) is 11.1. The molecule has 1 amide bonds. The van der Waals surface area contributed by atoms with E-state index in [9.17, 15) is 9.90 Å². The number of ether oxygens (including phenoxy) is 1. The molecule has 2 saturated carbocycles. The molecule has 1 aromatic rings. The zero-order valence-electron chi connectivity index (χ0n) is 13.5. The predicted octanol–water partition coefficient (Wildman–Crippen LogP) is 0.438. The number of aromatic nitrogens is 3. The fraction of sp³-hybridized carbons (Fsp3) is 0.812. The summed E-state index contributed by atoms with van der Waals surface area (Å²) in [6, 6.07) is 0. The number of hydrogen-bond donors (Lipinski definition) is 1. The fourth-order valence-corrected chi connectivity index (χ4v) is 3.63. The van der Waals surface area contributed by atoms with Gasteiger partial charge in [0.05, 0.1) is 24.9 Å². The molecule has 0 saturated heterocycles. The second-order valence-corrected chi connectivity index (χ2v) is 7.26. The maximum Gasteiger partial charge on any atom is 0.226 e. The molecule has 1 N–H and O–H groups in total. The highest BCUT2D eigenvalue weighted by atomic mass is 16.5. The number of aliphatic hydroxyl groups is 1. The van der Waals surface area contributed by atoms with Crippen molar-refractivity contribution in [2.45, 2.75) is 44.2 Å². The van der Waals surface area contributed by atoms with Crippen molar-refractivity contribution in [1.82, 2.24) is 19.9 Å². The Balaban J connectivity index is 1.45. The van der Waals surface area contributed by atoms with Gasteiger partial charge in [0.15, 0.2) is 0 Å². The van der Waals surface area contributed by atoms with Gasteiger partial charge >= 0.3 is 0 Å². The van der Waals surface area contributed by atoms with Crippen molar-refractivity contribution in [2.75, 3.05) is 19.8 Å². The first-order valence-corrected chi connectivity index (χ1v) is 8.55. The van der Waals surface area contributed by atoms with Crippen molar-refractivity contribution in [2.24, 2.45) is 18.9 Å². The molecule has 7 heteroatoms. The summed E-state index contributed by atoms with van der Waals surface area (Å²) in [4.78, 5) is 14.5. The first kappa shape index (κ1) is 15.1. The van der Waals surface area contributed by atoms with E-state index in [4.69, 9.17) is 4.74 Å². The number of nitrogens with zero attached hydrogens (tertiary/aromatic N) is 4. The fourth-order valence-electron chi connectivity index (χ4n) is 3.63. The molecule has 0 bridgehead atoms. The van der Waals surface area contributed by atoms with Crippen molar-refractivity contribution in [1.29, 1.82) is 0 Å². The van der Waals surface area contributed by atoms with Gasteiger partial charge in [0.25, 0.3) is 0 Å². The molecular weight excluding hydrogens is 296 g/mol. The van der Waals surface area contributed by atoms with Crippen LogP contribution in [0.4, 0.5) is 0 Å². The normalized spacial score (nSPS) is 30.0. The zero-order chi connectivity index (χ0) is 16.0. The Morgan fingerprint density at radius 2 is 2.13 bits per heavy atom. The highest BCUT2D eigenvalue weighted by Gasteiger charge is 2.39. The number of fused-ring (bicyclic) bond motifs is 1. The lowest BCUT2D eigenvalue weighted by molar-refractivity contribution is -0.144. The SMILES string of the molecule is Cn1nnc2c1C(COCC1CC1)CN(C(=O)C1CC(O)C1)C2. The minimum Gasteiger partial charge on any atom is -0.393 e. The molecule has 2 aliphatic carbocycles. The number of carbonyl (C=O) groups is 1. The molecule has 126 valence electrons. The highest BCUT2D eigenvalue weighted by molar-refractivity contribution is 5.80. The second-order valence-electron chi connectivity index (χ2n) is 7.26. The van der Waals surface area contributed by atoms with Gasteiger partial charge in [-0.25, -0.2) is 0 Å². The van der Waals surface area contributed by atoms with E-state index < -0.39 is 0 Å². The molecular formula is C16H24N4O3. The molecule has 0 spiro atoms. The van der Waals surface area contributed by atoms with Crippen LogP contribution in [0.25, 0.3) is 0 Å². The molecule has 2 heterocycles. The smallest absolute Gasteiger partial charge is 0.226 e. The van der Waals surface area contributed by atoms with Crippen molar-refractivity contribution in [3.05, 3.63) is 11.4 Å². The van der Waals surface area contributed by atoms with Crippen LogP contribution in [-0.4, -0.2) is 56.8 Å². The topological polar surface area (TPSA) is 80.5 Å². The Morgan fingerprint density at radius 3 is 2.83 bits per heavy atom. The maximum atomic E-state index is 12.6. The van der Waals surface area contributed by atoms with Crippen LogP contribution in [0.1, 0.15) is 43.0 Å². The molecule has 1 aliphatic heterocycles. The molecule has 2 fully saturated rings. The van der Waals surface area contributed by atoms with Gasteiger partial charge in [-0.05, 0) is 31.6 Å². The van der Waals surface area contributed by atoms with Gasteiger partial charge in [0.1, 0.15) is 5.69 Å². The minimum absolute atomic E-state index is 0.0312. The maximum absolute atomic E-state index is 12.6. The van der Waals surface area contributed by atoms with Gasteiger partial charge < -0.3 is 14.7 Å². The third-order valence-electron chi connectivity index (χ3n) is 5.26. The van der Waals surface area contributed by atoms with Gasteiger partial charge in [-0.1, -0.05) is 5.21 Å². The summed E-state index contributed by atoms with van der Waals surface area (Å²) in [5, 5.41) is 17.8. The van der Waals surface area contributed by atoms with E-state index in [1.165, 1.54) is 12.8 Å². The number of rotatable bonds is 5. The summed E-state index contributed by atoms with van der Waals surface area (Å²) >= 11 is 0. The lowest BCUT2D eigenvalue weighted by atomic mass is 9.81. The largest absolute Gasteiger partial charge is 0.393 e. The number of amides is 1. The van der Waals surface area contributed by atoms with Crippen LogP contribution >= 0.6 is 0 Å². The van der Waals surface area contributed by atoms with Crippen molar-refractivity contribution >= 4 is 5.91 Å². The summed E-state index contributed by atoms with van der Waals surface area (Å²) in [7, 11) is 1.90. The molecule has 1 atom stereocenters. The van der Waals surface area contributed by atoms with Crippen LogP contribution in [-0.2, 0) is 23.1 Å². The number of aliphatic hydroxyl groups excluding tert-OH is 1. The Morgan fingerprint density at radius 1 is 1.35 bits per heavy atom. The van der Waals surface area contributed by atoms with Crippen molar-refractivity contribution in [3.63, 3.8) is 0 Å². The minimum atomic E-state index is -0.307. The average molecular weight is 320 g/mol. The van der Waals surface area contributed by atoms with E-state index in [0.717, 1.165) is 23.9 Å². The molecule has 0 radical (unpaired) electrons. The van der Waals surface area contributed by atoms with Gasteiger partial charge in [0.2, 0.25) is 5.91 Å². The Bertz CT molecular complexity index is 592. The molecule has 3 aliphatic rings. The third kappa shape index (κ3) is 2.99. The van der Waals surface area contributed by atoms with Crippen LogP contribution in [0.15, 0.2) is 0 Å². The van der Waals surface area contributed by atoms with E-state index in [0.29, 0.717) is 32.5 Å². The van der Waals surface area contributed by atoms with Gasteiger partial charge in [-0.15, -0.1) is 5.10 Å². The molecule has 7 nitrogen and oxygen atoms in total. The Kier molecular flexibility index (Phi) is 3.85. The number of aryl methyl sites for hydroxylation is 1. The summed E-state index contributed by atoms with van der Waals surface area (Å²) in [6.07, 6.45) is 3.42. The monoisotopic (exact) mass is 320 g/mol. The van der Waals surface area contributed by atoms with E-state index in [2.05, 4.69) is 10.3 Å². The number of carbonyl (C=O) groups excluding carboxylic acids is 1. The molecule has 1 unspecified atom stereocenters. The van der Waals surface area contributed by atoms with Crippen LogP contribution in [0.5, 0.6) is 0 Å². The third-order valence-corrected chi connectivity index (χ3v) is 5.26. The van der Waals surface area contributed by atoms with Gasteiger partial charge in [-0.3, -0.25) is 9.48 Å². The van der Waals surface area contributed by atoms with Crippen LogP contribution < -0.4 is 0 Å². The van der Waals surface area contributed by atoms with Crippen LogP contribution in [0.3, 0.4) is 0 Å². The predicted molar refractivity (Wildman–Crippen MR) is 81.4 cm³/mol. The van der Waals surface area contributed by atoms with E-state index in [-0.39, 0.29) is 23.8 Å². The molecule has 4 rings (SSSR count). The van der Waals surface area contributed by atoms with Crippen molar-refractivity contribution in [3.8, 4) is 0 Å². The molecule has 0 aromatic carbocycles. The second kappa shape index (κ2) is 5.87. The highest BCUT2D eigenvalue weighted by Crippen LogP contribution is 2.34. The van der Waals surface area contributed by atoms with Gasteiger partial charge in [-0.2, -0.15) is 0 Å². The summed E-state index contributed by atoms with van der Waals surface area (Å²) in [5.74, 6) is 0.971. The molecule has 23 heavy (non-hydrogen) atoms. The van der Waals surface area contributed by atoms with E-state index in [1.807, 2.05) is 16.6 Å². The first-order valence-electron chi connectivity index (χ1n) is 8.55. The van der Waals surface area contributed by atoms with Crippen molar-refractivity contribution < 1.29 is 14.6 Å². The van der Waals surface area contributed by atoms with Crippen LogP contribution in [0.2, 0.25) is 0 Å². The lowest BCUT2D eigenvalue weighted by Crippen LogP contribution is -2.47.